The van der Waals surface area contributed by atoms with Crippen LogP contribution in [-0.4, -0.2) is 36.1 Å². The first-order valence-electron chi connectivity index (χ1n) is 11.2. The number of carbonyl (C=O) groups is 3. The van der Waals surface area contributed by atoms with Crippen LogP contribution >= 0.6 is 22.6 Å². The van der Waals surface area contributed by atoms with Crippen LogP contribution in [0.1, 0.15) is 34.1 Å². The first-order valence-corrected chi connectivity index (χ1v) is 12.3. The molecule has 2 atom stereocenters. The fourth-order valence-electron chi connectivity index (χ4n) is 6.81. The predicted molar refractivity (Wildman–Crippen MR) is 136 cm³/mol. The molecular formula is C27H18IN3O4. The smallest absolute Gasteiger partial charge is 0.355 e. The van der Waals surface area contributed by atoms with Gasteiger partial charge in [-0.2, -0.15) is 5.10 Å². The zero-order chi connectivity index (χ0) is 24.1. The molecule has 1 fully saturated rings. The van der Waals surface area contributed by atoms with Crippen LogP contribution in [0.4, 0.5) is 5.69 Å². The van der Waals surface area contributed by atoms with Gasteiger partial charge in [0.05, 0.1) is 12.8 Å². The maximum atomic E-state index is 14.6. The number of ether oxygens (including phenoxy) is 1. The van der Waals surface area contributed by atoms with Gasteiger partial charge in [0.25, 0.3) is 11.8 Å². The molecule has 1 saturated heterocycles. The summed E-state index contributed by atoms with van der Waals surface area (Å²) in [4.78, 5) is 43.6. The maximum absolute atomic E-state index is 14.6. The van der Waals surface area contributed by atoms with Gasteiger partial charge in [-0.1, -0.05) is 48.5 Å². The summed E-state index contributed by atoms with van der Waals surface area (Å²) in [6.07, 6.45) is 0. The van der Waals surface area contributed by atoms with Crippen LogP contribution in [0.15, 0.2) is 77.9 Å². The number of benzene rings is 3. The number of halogens is 1. The van der Waals surface area contributed by atoms with Crippen LogP contribution in [0, 0.1) is 8.99 Å². The lowest BCUT2D eigenvalue weighted by atomic mass is 9.43. The number of rotatable bonds is 2. The van der Waals surface area contributed by atoms with Crippen molar-refractivity contribution in [2.75, 3.05) is 12.0 Å². The number of carbonyl (C=O) groups excluding carboxylic acids is 3. The summed E-state index contributed by atoms with van der Waals surface area (Å²) in [7, 11) is 1.27. The molecule has 3 aromatic rings. The summed E-state index contributed by atoms with van der Waals surface area (Å²) in [5, 5.41) is 4.39. The minimum atomic E-state index is -1.58. The Morgan fingerprint density at radius 3 is 1.97 bits per heavy atom. The van der Waals surface area contributed by atoms with E-state index in [9.17, 15) is 14.4 Å². The Bertz CT molecular complexity index is 1470. The Kier molecular flexibility index (Phi) is 4.03. The lowest BCUT2D eigenvalue weighted by Gasteiger charge is -2.55. The number of hydrazone groups is 1. The molecular weight excluding hydrogens is 557 g/mol. The zero-order valence-corrected chi connectivity index (χ0v) is 20.6. The van der Waals surface area contributed by atoms with Crippen LogP contribution in [0.25, 0.3) is 0 Å². The number of methoxy groups -OCH3 is 1. The summed E-state index contributed by atoms with van der Waals surface area (Å²) >= 11 is 2.18. The molecule has 1 N–H and O–H groups in total. The second kappa shape index (κ2) is 6.78. The van der Waals surface area contributed by atoms with E-state index in [1.165, 1.54) is 12.0 Å². The van der Waals surface area contributed by atoms with E-state index in [4.69, 9.17) is 4.74 Å². The largest absolute Gasteiger partial charge is 0.464 e. The van der Waals surface area contributed by atoms with Gasteiger partial charge in [-0.3, -0.25) is 15.0 Å². The van der Waals surface area contributed by atoms with Gasteiger partial charge in [-0.05, 0) is 69.1 Å². The molecule has 3 aromatic carbocycles. The van der Waals surface area contributed by atoms with Crippen molar-refractivity contribution < 1.29 is 19.1 Å². The summed E-state index contributed by atoms with van der Waals surface area (Å²) < 4.78 is 6.09. The third kappa shape index (κ3) is 2.14. The number of hydrogen-bond acceptors (Lipinski definition) is 6. The van der Waals surface area contributed by atoms with E-state index in [1.54, 1.807) is 12.1 Å². The predicted octanol–water partition coefficient (Wildman–Crippen LogP) is 3.31. The molecule has 0 aromatic heterocycles. The molecule has 0 radical (unpaired) electrons. The van der Waals surface area contributed by atoms with E-state index < -0.39 is 40.6 Å². The highest BCUT2D eigenvalue weighted by Crippen LogP contribution is 2.70. The average Bonchev–Trinajstić information content (AvgIpc) is 3.36. The molecule has 0 spiro atoms. The van der Waals surface area contributed by atoms with E-state index in [0.29, 0.717) is 5.69 Å². The third-order valence-corrected chi connectivity index (χ3v) is 8.71. The third-order valence-electron chi connectivity index (χ3n) is 7.99. The van der Waals surface area contributed by atoms with Gasteiger partial charge in [0.2, 0.25) is 0 Å². The topological polar surface area (TPSA) is 88.1 Å². The number of amides is 2. The lowest BCUT2D eigenvalue weighted by molar-refractivity contribution is -0.135. The van der Waals surface area contributed by atoms with Crippen LogP contribution < -0.4 is 10.3 Å². The van der Waals surface area contributed by atoms with Crippen molar-refractivity contribution in [1.29, 1.82) is 0 Å². The molecule has 8 heteroatoms. The molecule has 172 valence electrons. The number of nitrogens with zero attached hydrogens (tertiary/aromatic N) is 2. The van der Waals surface area contributed by atoms with E-state index in [-0.39, 0.29) is 5.71 Å². The van der Waals surface area contributed by atoms with Gasteiger partial charge in [-0.15, -0.1) is 0 Å². The Hall–Kier alpha value is -3.53. The van der Waals surface area contributed by atoms with Gasteiger partial charge in [0.15, 0.2) is 11.3 Å². The Morgan fingerprint density at radius 1 is 0.886 bits per heavy atom. The molecule has 2 heterocycles. The van der Waals surface area contributed by atoms with Crippen LogP contribution in [-0.2, 0) is 19.1 Å². The first-order chi connectivity index (χ1) is 17.0. The Labute approximate surface area is 214 Å². The minimum Gasteiger partial charge on any atom is -0.464 e. The molecule has 2 amide bonds. The summed E-state index contributed by atoms with van der Waals surface area (Å²) in [6.45, 7) is 0. The van der Waals surface area contributed by atoms with Gasteiger partial charge in [-0.25, -0.2) is 9.69 Å². The number of nitrogens with one attached hydrogen (secondary N) is 1. The number of anilines is 1. The molecule has 8 rings (SSSR count). The molecule has 3 aliphatic carbocycles. The minimum absolute atomic E-state index is 0.0506. The van der Waals surface area contributed by atoms with Gasteiger partial charge in [0, 0.05) is 15.4 Å². The molecule has 7 nitrogen and oxygen atoms in total. The molecule has 0 saturated carbocycles. The number of imide groups is 1. The first kappa shape index (κ1) is 20.8. The second-order valence-electron chi connectivity index (χ2n) is 9.23. The standard InChI is InChI=1S/C27H18IN3O4/c1-35-23(32)22-26-20-16-6-2-4-8-18(16)21(19-9-5-3-7-17(19)20)27(26,30-29-22)25(34)31(24(26)33)15-12-10-14(28)11-13-15/h2-13,20-21,30H,1H3. The summed E-state index contributed by atoms with van der Waals surface area (Å²) in [5.74, 6) is -2.69. The second-order valence-corrected chi connectivity index (χ2v) is 10.5. The molecule has 5 aliphatic rings. The summed E-state index contributed by atoms with van der Waals surface area (Å²) in [6, 6.07) is 22.9. The van der Waals surface area contributed by atoms with E-state index in [2.05, 4.69) is 33.1 Å². The van der Waals surface area contributed by atoms with Crippen molar-refractivity contribution in [3.05, 3.63) is 98.6 Å². The van der Waals surface area contributed by atoms with Crippen molar-refractivity contribution >= 4 is 51.8 Å². The average molecular weight is 575 g/mol. The number of hydrogen-bond donors (Lipinski definition) is 1. The molecule has 2 unspecified atom stereocenters. The highest BCUT2D eigenvalue weighted by Gasteiger charge is 2.85. The Morgan fingerprint density at radius 2 is 1.43 bits per heavy atom. The lowest BCUT2D eigenvalue weighted by Crippen LogP contribution is -2.69. The van der Waals surface area contributed by atoms with Crippen molar-refractivity contribution in [1.82, 2.24) is 5.43 Å². The van der Waals surface area contributed by atoms with Crippen molar-refractivity contribution in [3.8, 4) is 0 Å². The monoisotopic (exact) mass is 575 g/mol. The normalized spacial score (nSPS) is 29.1. The SMILES string of the molecule is COC(=O)C1=NNC23C(=O)N(c4ccc(I)cc4)C(=O)C12C1c2ccccc2C3c2ccccc21. The highest BCUT2D eigenvalue weighted by atomic mass is 127. The van der Waals surface area contributed by atoms with Crippen LogP contribution in [0.2, 0.25) is 0 Å². The number of esters is 1. The van der Waals surface area contributed by atoms with Crippen molar-refractivity contribution in [2.24, 2.45) is 10.5 Å². The summed E-state index contributed by atoms with van der Waals surface area (Å²) in [5.41, 5.74) is 4.21. The van der Waals surface area contributed by atoms with Gasteiger partial charge >= 0.3 is 5.97 Å². The Balaban J connectivity index is 1.60. The fourth-order valence-corrected chi connectivity index (χ4v) is 7.17. The van der Waals surface area contributed by atoms with Gasteiger partial charge in [0.1, 0.15) is 5.41 Å². The van der Waals surface area contributed by atoms with E-state index in [0.717, 1.165) is 25.8 Å². The fraction of sp³-hybridized carbons (Fsp3) is 0.185. The molecule has 2 aliphatic heterocycles. The quantitative estimate of drug-likeness (QED) is 0.288. The van der Waals surface area contributed by atoms with Crippen molar-refractivity contribution in [2.45, 2.75) is 17.4 Å². The van der Waals surface area contributed by atoms with E-state index in [1.807, 2.05) is 60.7 Å². The van der Waals surface area contributed by atoms with E-state index >= 15 is 0 Å². The van der Waals surface area contributed by atoms with Crippen molar-refractivity contribution in [3.63, 3.8) is 0 Å². The van der Waals surface area contributed by atoms with Crippen LogP contribution in [0.5, 0.6) is 0 Å². The van der Waals surface area contributed by atoms with Crippen LogP contribution in [0.3, 0.4) is 0 Å². The zero-order valence-electron chi connectivity index (χ0n) is 18.5. The maximum Gasteiger partial charge on any atom is 0.355 e. The highest BCUT2D eigenvalue weighted by molar-refractivity contribution is 14.1. The molecule has 2 bridgehead atoms. The molecule has 35 heavy (non-hydrogen) atoms. The van der Waals surface area contributed by atoms with Gasteiger partial charge < -0.3 is 4.74 Å².